The number of imidazole rings is 1. The van der Waals surface area contributed by atoms with Crippen LogP contribution in [-0.2, 0) is 6.42 Å². The van der Waals surface area contributed by atoms with Crippen molar-refractivity contribution in [2.75, 3.05) is 0 Å². The second kappa shape index (κ2) is 4.10. The van der Waals surface area contributed by atoms with E-state index in [4.69, 9.17) is 0 Å². The van der Waals surface area contributed by atoms with Crippen LogP contribution in [0.4, 0.5) is 4.39 Å². The third-order valence-electron chi connectivity index (χ3n) is 2.05. The van der Waals surface area contributed by atoms with Crippen molar-refractivity contribution in [2.45, 2.75) is 13.3 Å². The summed E-state index contributed by atoms with van der Waals surface area (Å²) in [5, 5.41) is 0. The zero-order valence-electron chi connectivity index (χ0n) is 8.09. The molecule has 0 spiro atoms. The van der Waals surface area contributed by atoms with E-state index in [1.54, 1.807) is 6.07 Å². The molecule has 2 aromatic rings. The first-order valence-corrected chi connectivity index (χ1v) is 5.36. The normalized spacial score (nSPS) is 10.6. The highest BCUT2D eigenvalue weighted by Crippen LogP contribution is 2.20. The van der Waals surface area contributed by atoms with Gasteiger partial charge in [-0.25, -0.2) is 14.4 Å². The van der Waals surface area contributed by atoms with Crippen molar-refractivity contribution in [1.29, 1.82) is 0 Å². The summed E-state index contributed by atoms with van der Waals surface area (Å²) in [4.78, 5) is 11.3. The van der Waals surface area contributed by atoms with E-state index in [-0.39, 0.29) is 5.82 Å². The van der Waals surface area contributed by atoms with Crippen LogP contribution in [0, 0.1) is 5.82 Å². The lowest BCUT2D eigenvalue weighted by Gasteiger charge is -1.94. The van der Waals surface area contributed by atoms with Crippen LogP contribution in [0.3, 0.4) is 0 Å². The molecule has 0 amide bonds. The molecule has 0 radical (unpaired) electrons. The van der Waals surface area contributed by atoms with E-state index in [9.17, 15) is 4.39 Å². The minimum atomic E-state index is -0.347. The molecule has 0 aliphatic carbocycles. The van der Waals surface area contributed by atoms with Crippen LogP contribution in [0.2, 0.25) is 0 Å². The van der Waals surface area contributed by atoms with Crippen LogP contribution in [0.5, 0.6) is 0 Å². The lowest BCUT2D eigenvalue weighted by Crippen LogP contribution is -1.86. The van der Waals surface area contributed by atoms with Crippen molar-refractivity contribution < 1.29 is 4.39 Å². The van der Waals surface area contributed by atoms with Crippen LogP contribution in [-0.4, -0.2) is 15.0 Å². The van der Waals surface area contributed by atoms with Crippen molar-refractivity contribution in [3.8, 4) is 11.5 Å². The zero-order valence-corrected chi connectivity index (χ0v) is 9.68. The van der Waals surface area contributed by atoms with Gasteiger partial charge in [-0.1, -0.05) is 6.92 Å². The highest BCUT2D eigenvalue weighted by atomic mass is 79.9. The Morgan fingerprint density at radius 2 is 2.27 bits per heavy atom. The van der Waals surface area contributed by atoms with Gasteiger partial charge in [0.2, 0.25) is 0 Å². The molecule has 0 atom stereocenters. The Hall–Kier alpha value is -1.23. The van der Waals surface area contributed by atoms with Gasteiger partial charge in [-0.3, -0.25) is 0 Å². The van der Waals surface area contributed by atoms with Crippen molar-refractivity contribution >= 4 is 15.9 Å². The maximum atomic E-state index is 12.7. The third kappa shape index (κ3) is 2.07. The number of aryl methyl sites for hydroxylation is 1. The monoisotopic (exact) mass is 269 g/mol. The van der Waals surface area contributed by atoms with Gasteiger partial charge in [-0.2, -0.15) is 0 Å². The summed E-state index contributed by atoms with van der Waals surface area (Å²) in [5.74, 6) is 0.304. The molecule has 78 valence electrons. The number of hydrogen-bond donors (Lipinski definition) is 1. The molecular weight excluding hydrogens is 261 g/mol. The topological polar surface area (TPSA) is 41.6 Å². The molecule has 2 heterocycles. The average Bonchev–Trinajstić information content (AvgIpc) is 2.61. The number of nitrogens with zero attached hydrogens (tertiary/aromatic N) is 2. The van der Waals surface area contributed by atoms with Crippen LogP contribution in [0.15, 0.2) is 22.9 Å². The standard InChI is InChI=1S/C10H9BrFN3/c1-2-7-9(11)15-10(14-7)8-4-3-6(12)5-13-8/h3-5H,2H2,1H3,(H,14,15). The van der Waals surface area contributed by atoms with E-state index in [0.717, 1.165) is 16.7 Å². The molecule has 0 fully saturated rings. The maximum Gasteiger partial charge on any atom is 0.157 e. The lowest BCUT2D eigenvalue weighted by atomic mass is 10.3. The molecule has 0 bridgehead atoms. The molecule has 0 aliphatic rings. The first kappa shape index (κ1) is 10.3. The van der Waals surface area contributed by atoms with Crippen LogP contribution >= 0.6 is 15.9 Å². The van der Waals surface area contributed by atoms with Gasteiger partial charge in [-0.05, 0) is 34.5 Å². The summed E-state index contributed by atoms with van der Waals surface area (Å²) in [7, 11) is 0. The van der Waals surface area contributed by atoms with Gasteiger partial charge in [0.15, 0.2) is 5.82 Å². The molecule has 0 unspecified atom stereocenters. The van der Waals surface area contributed by atoms with Gasteiger partial charge in [-0.15, -0.1) is 0 Å². The number of nitrogens with one attached hydrogen (secondary N) is 1. The summed E-state index contributed by atoms with van der Waals surface area (Å²) in [6.07, 6.45) is 2.03. The number of pyridine rings is 1. The summed E-state index contributed by atoms with van der Waals surface area (Å²) in [5.41, 5.74) is 1.65. The van der Waals surface area contributed by atoms with Crippen molar-refractivity contribution in [3.63, 3.8) is 0 Å². The third-order valence-corrected chi connectivity index (χ3v) is 2.71. The lowest BCUT2D eigenvalue weighted by molar-refractivity contribution is 0.621. The Bertz CT molecular complexity index is 464. The first-order chi connectivity index (χ1) is 7.20. The number of hydrogen-bond acceptors (Lipinski definition) is 2. The largest absolute Gasteiger partial charge is 0.340 e. The molecular formula is C10H9BrFN3. The summed E-state index contributed by atoms with van der Waals surface area (Å²) >= 11 is 3.34. The highest BCUT2D eigenvalue weighted by molar-refractivity contribution is 9.10. The predicted octanol–water partition coefficient (Wildman–Crippen LogP) is 2.94. The van der Waals surface area contributed by atoms with E-state index >= 15 is 0 Å². The molecule has 1 N–H and O–H groups in total. The SMILES string of the molecule is CCc1[nH]c(-c2ccc(F)cn2)nc1Br. The highest BCUT2D eigenvalue weighted by Gasteiger charge is 2.08. The molecule has 0 saturated heterocycles. The van der Waals surface area contributed by atoms with Gasteiger partial charge >= 0.3 is 0 Å². The van der Waals surface area contributed by atoms with Gasteiger partial charge in [0.25, 0.3) is 0 Å². The Balaban J connectivity index is 2.41. The fraction of sp³-hybridized carbons (Fsp3) is 0.200. The van der Waals surface area contributed by atoms with Crippen molar-refractivity contribution in [2.24, 2.45) is 0 Å². The van der Waals surface area contributed by atoms with E-state index < -0.39 is 0 Å². The number of halogens is 2. The second-order valence-electron chi connectivity index (χ2n) is 3.07. The minimum absolute atomic E-state index is 0.347. The van der Waals surface area contributed by atoms with Gasteiger partial charge < -0.3 is 4.98 Å². The molecule has 0 aliphatic heterocycles. The van der Waals surface area contributed by atoms with Crippen LogP contribution < -0.4 is 0 Å². The number of aromatic nitrogens is 3. The molecule has 2 rings (SSSR count). The molecule has 5 heteroatoms. The van der Waals surface area contributed by atoms with Crippen LogP contribution in [0.1, 0.15) is 12.6 Å². The fourth-order valence-corrected chi connectivity index (χ4v) is 1.82. The fourth-order valence-electron chi connectivity index (χ4n) is 1.26. The van der Waals surface area contributed by atoms with E-state index in [1.165, 1.54) is 12.3 Å². The quantitative estimate of drug-likeness (QED) is 0.911. The minimum Gasteiger partial charge on any atom is -0.340 e. The number of H-pyrrole nitrogens is 1. The van der Waals surface area contributed by atoms with E-state index in [0.29, 0.717) is 11.5 Å². The van der Waals surface area contributed by atoms with E-state index in [1.807, 2.05) is 6.92 Å². The maximum absolute atomic E-state index is 12.7. The molecule has 15 heavy (non-hydrogen) atoms. The van der Waals surface area contributed by atoms with Gasteiger partial charge in [0.05, 0.1) is 6.20 Å². The Labute approximate surface area is 94.9 Å². The molecule has 2 aromatic heterocycles. The molecule has 3 nitrogen and oxygen atoms in total. The smallest absolute Gasteiger partial charge is 0.157 e. The first-order valence-electron chi connectivity index (χ1n) is 4.57. The Morgan fingerprint density at radius 1 is 1.47 bits per heavy atom. The van der Waals surface area contributed by atoms with Crippen LogP contribution in [0.25, 0.3) is 11.5 Å². The summed E-state index contributed by atoms with van der Waals surface area (Å²) < 4.78 is 13.4. The Morgan fingerprint density at radius 3 is 2.80 bits per heavy atom. The summed E-state index contributed by atoms with van der Waals surface area (Å²) in [6, 6.07) is 2.96. The van der Waals surface area contributed by atoms with Gasteiger partial charge in [0, 0.05) is 5.69 Å². The predicted molar refractivity (Wildman–Crippen MR) is 58.9 cm³/mol. The van der Waals surface area contributed by atoms with E-state index in [2.05, 4.69) is 30.9 Å². The molecule has 0 aromatic carbocycles. The number of rotatable bonds is 2. The second-order valence-corrected chi connectivity index (χ2v) is 3.82. The average molecular weight is 270 g/mol. The van der Waals surface area contributed by atoms with Crippen molar-refractivity contribution in [1.82, 2.24) is 15.0 Å². The molecule has 0 saturated carbocycles. The van der Waals surface area contributed by atoms with Gasteiger partial charge in [0.1, 0.15) is 16.1 Å². The number of aromatic amines is 1. The van der Waals surface area contributed by atoms with Crippen molar-refractivity contribution in [3.05, 3.63) is 34.4 Å². The zero-order chi connectivity index (χ0) is 10.8. The summed E-state index contributed by atoms with van der Waals surface area (Å²) in [6.45, 7) is 2.03. The Kier molecular flexibility index (Phi) is 2.81.